The van der Waals surface area contributed by atoms with Crippen LogP contribution in [0.1, 0.15) is 31.4 Å². The minimum atomic E-state index is -0.915. The summed E-state index contributed by atoms with van der Waals surface area (Å²) in [6, 6.07) is 7.41. The fraction of sp³-hybridized carbons (Fsp3) is 0.500. The highest BCUT2D eigenvalue weighted by Crippen LogP contribution is 2.07. The van der Waals surface area contributed by atoms with Crippen molar-refractivity contribution in [2.45, 2.75) is 39.8 Å². The molecular formula is C16H24N2O3. The Bertz CT molecular complexity index is 488. The molecule has 0 radical (unpaired) electrons. The molecule has 5 heteroatoms. The van der Waals surface area contributed by atoms with E-state index in [4.69, 9.17) is 5.11 Å². The van der Waals surface area contributed by atoms with Gasteiger partial charge in [-0.15, -0.1) is 0 Å². The van der Waals surface area contributed by atoms with E-state index in [9.17, 15) is 9.59 Å². The summed E-state index contributed by atoms with van der Waals surface area (Å²) in [6.45, 7) is 6.64. The highest BCUT2D eigenvalue weighted by atomic mass is 16.4. The molecule has 116 valence electrons. The molecule has 0 heterocycles. The van der Waals surface area contributed by atoms with Gasteiger partial charge >= 0.3 is 5.97 Å². The summed E-state index contributed by atoms with van der Waals surface area (Å²) in [7, 11) is 0. The average molecular weight is 292 g/mol. The number of rotatable bonds is 8. The molecule has 0 saturated heterocycles. The van der Waals surface area contributed by atoms with E-state index in [2.05, 4.69) is 5.32 Å². The molecule has 0 spiro atoms. The van der Waals surface area contributed by atoms with Gasteiger partial charge in [-0.1, -0.05) is 31.2 Å². The molecule has 0 bridgehead atoms. The van der Waals surface area contributed by atoms with Gasteiger partial charge in [0.1, 0.15) is 0 Å². The molecule has 5 nitrogen and oxygen atoms in total. The number of aryl methyl sites for hydroxylation is 1. The number of carboxylic acids is 1. The van der Waals surface area contributed by atoms with E-state index in [-0.39, 0.29) is 12.5 Å². The maximum atomic E-state index is 12.2. The first-order chi connectivity index (χ1) is 9.95. The zero-order chi connectivity index (χ0) is 15.8. The molecule has 0 aliphatic rings. The third-order valence-electron chi connectivity index (χ3n) is 3.49. The van der Waals surface area contributed by atoms with Crippen molar-refractivity contribution in [3.8, 4) is 0 Å². The molecule has 1 atom stereocenters. The maximum Gasteiger partial charge on any atom is 0.317 e. The van der Waals surface area contributed by atoms with E-state index >= 15 is 0 Å². The number of amides is 1. The van der Waals surface area contributed by atoms with Crippen molar-refractivity contribution in [1.29, 1.82) is 0 Å². The van der Waals surface area contributed by atoms with Crippen LogP contribution < -0.4 is 5.32 Å². The zero-order valence-electron chi connectivity index (χ0n) is 12.9. The standard InChI is InChI=1S/C16H24N2O3/c1-4-9-18(11-15(19)20)13(3)16(21)17-10-14-8-6-5-7-12(14)2/h5-8,13H,4,9-11H2,1-3H3,(H,17,21)(H,19,20). The number of carbonyl (C=O) groups is 2. The monoisotopic (exact) mass is 292 g/mol. The molecule has 1 amide bonds. The van der Waals surface area contributed by atoms with Crippen molar-refractivity contribution in [3.05, 3.63) is 35.4 Å². The summed E-state index contributed by atoms with van der Waals surface area (Å²) < 4.78 is 0. The quantitative estimate of drug-likeness (QED) is 0.766. The molecule has 2 N–H and O–H groups in total. The molecule has 1 unspecified atom stereocenters. The van der Waals surface area contributed by atoms with Gasteiger partial charge in [-0.2, -0.15) is 0 Å². The van der Waals surface area contributed by atoms with Crippen LogP contribution in [0.25, 0.3) is 0 Å². The summed E-state index contributed by atoms with van der Waals surface area (Å²) in [6.07, 6.45) is 0.808. The van der Waals surface area contributed by atoms with Crippen LogP contribution >= 0.6 is 0 Å². The van der Waals surface area contributed by atoms with E-state index < -0.39 is 12.0 Å². The second-order valence-electron chi connectivity index (χ2n) is 5.18. The van der Waals surface area contributed by atoms with E-state index in [1.807, 2.05) is 38.1 Å². The van der Waals surface area contributed by atoms with Crippen LogP contribution in [-0.4, -0.2) is 41.0 Å². The molecule has 1 aromatic rings. The van der Waals surface area contributed by atoms with Gasteiger partial charge in [0.25, 0.3) is 0 Å². The minimum Gasteiger partial charge on any atom is -0.480 e. The first kappa shape index (κ1) is 17.2. The lowest BCUT2D eigenvalue weighted by atomic mass is 10.1. The fourth-order valence-electron chi connectivity index (χ4n) is 2.17. The molecule has 1 rings (SSSR count). The average Bonchev–Trinajstić information content (AvgIpc) is 2.44. The number of benzene rings is 1. The Morgan fingerprint density at radius 2 is 2.00 bits per heavy atom. The van der Waals surface area contributed by atoms with Crippen molar-refractivity contribution >= 4 is 11.9 Å². The first-order valence-electron chi connectivity index (χ1n) is 7.23. The SMILES string of the molecule is CCCN(CC(=O)O)C(C)C(=O)NCc1ccccc1C. The second-order valence-corrected chi connectivity index (χ2v) is 5.18. The summed E-state index contributed by atoms with van der Waals surface area (Å²) in [4.78, 5) is 24.7. The number of carbonyl (C=O) groups excluding carboxylic acids is 1. The Morgan fingerprint density at radius 3 is 2.57 bits per heavy atom. The van der Waals surface area contributed by atoms with Gasteiger partial charge in [-0.25, -0.2) is 0 Å². The Kier molecular flexibility index (Phi) is 6.88. The summed E-state index contributed by atoms with van der Waals surface area (Å²) >= 11 is 0. The van der Waals surface area contributed by atoms with Crippen molar-refractivity contribution in [1.82, 2.24) is 10.2 Å². The molecule has 0 aromatic heterocycles. The van der Waals surface area contributed by atoms with Crippen LogP contribution in [0, 0.1) is 6.92 Å². The van der Waals surface area contributed by atoms with Crippen LogP contribution in [0.4, 0.5) is 0 Å². The Hall–Kier alpha value is -1.88. The van der Waals surface area contributed by atoms with E-state index in [0.717, 1.165) is 17.5 Å². The summed E-state index contributed by atoms with van der Waals surface area (Å²) in [5.74, 6) is -1.06. The van der Waals surface area contributed by atoms with Crippen LogP contribution in [0.3, 0.4) is 0 Å². The Labute approximate surface area is 126 Å². The van der Waals surface area contributed by atoms with Gasteiger partial charge in [0.2, 0.25) is 5.91 Å². The Balaban J connectivity index is 2.60. The predicted octanol–water partition coefficient (Wildman–Crippen LogP) is 1.80. The number of nitrogens with zero attached hydrogens (tertiary/aromatic N) is 1. The lowest BCUT2D eigenvalue weighted by molar-refractivity contribution is -0.139. The van der Waals surface area contributed by atoms with Crippen molar-refractivity contribution in [2.24, 2.45) is 0 Å². The third-order valence-corrected chi connectivity index (χ3v) is 3.49. The van der Waals surface area contributed by atoms with Gasteiger partial charge in [-0.05, 0) is 37.9 Å². The predicted molar refractivity (Wildman–Crippen MR) is 82.0 cm³/mol. The fourth-order valence-corrected chi connectivity index (χ4v) is 2.17. The normalized spacial score (nSPS) is 12.2. The maximum absolute atomic E-state index is 12.2. The van der Waals surface area contributed by atoms with Crippen LogP contribution in [-0.2, 0) is 16.1 Å². The van der Waals surface area contributed by atoms with Gasteiger partial charge in [0.05, 0.1) is 12.6 Å². The van der Waals surface area contributed by atoms with E-state index in [1.54, 1.807) is 11.8 Å². The van der Waals surface area contributed by atoms with Crippen LogP contribution in [0.5, 0.6) is 0 Å². The highest BCUT2D eigenvalue weighted by Gasteiger charge is 2.22. The second kappa shape index (κ2) is 8.42. The van der Waals surface area contributed by atoms with Gasteiger partial charge < -0.3 is 10.4 Å². The topological polar surface area (TPSA) is 69.6 Å². The van der Waals surface area contributed by atoms with Crippen molar-refractivity contribution in [2.75, 3.05) is 13.1 Å². The van der Waals surface area contributed by atoms with Gasteiger partial charge in [-0.3, -0.25) is 14.5 Å². The third kappa shape index (κ3) is 5.55. The Morgan fingerprint density at radius 1 is 1.33 bits per heavy atom. The highest BCUT2D eigenvalue weighted by molar-refractivity contribution is 5.82. The molecule has 1 aromatic carbocycles. The molecule has 0 aliphatic carbocycles. The van der Waals surface area contributed by atoms with Crippen molar-refractivity contribution < 1.29 is 14.7 Å². The lowest BCUT2D eigenvalue weighted by Gasteiger charge is -2.26. The smallest absolute Gasteiger partial charge is 0.317 e. The molecule has 0 fully saturated rings. The number of nitrogens with one attached hydrogen (secondary N) is 1. The molecule has 0 aliphatic heterocycles. The van der Waals surface area contributed by atoms with Crippen molar-refractivity contribution in [3.63, 3.8) is 0 Å². The summed E-state index contributed by atoms with van der Waals surface area (Å²) in [5, 5.41) is 11.8. The molecular weight excluding hydrogens is 268 g/mol. The van der Waals surface area contributed by atoms with Crippen LogP contribution in [0.15, 0.2) is 24.3 Å². The number of aliphatic carboxylic acids is 1. The lowest BCUT2D eigenvalue weighted by Crippen LogP contribution is -2.47. The number of hydrogen-bond acceptors (Lipinski definition) is 3. The number of carboxylic acid groups (broad SMARTS) is 1. The van der Waals surface area contributed by atoms with E-state index in [0.29, 0.717) is 13.1 Å². The molecule has 21 heavy (non-hydrogen) atoms. The largest absolute Gasteiger partial charge is 0.480 e. The van der Waals surface area contributed by atoms with E-state index in [1.165, 1.54) is 0 Å². The van der Waals surface area contributed by atoms with Gasteiger partial charge in [0.15, 0.2) is 0 Å². The first-order valence-corrected chi connectivity index (χ1v) is 7.23. The minimum absolute atomic E-state index is 0.118. The van der Waals surface area contributed by atoms with Gasteiger partial charge in [0, 0.05) is 6.54 Å². The zero-order valence-corrected chi connectivity index (χ0v) is 12.9. The van der Waals surface area contributed by atoms with Crippen LogP contribution in [0.2, 0.25) is 0 Å². The molecule has 0 saturated carbocycles. The number of hydrogen-bond donors (Lipinski definition) is 2. The summed E-state index contributed by atoms with van der Waals surface area (Å²) in [5.41, 5.74) is 2.19.